The van der Waals surface area contributed by atoms with Crippen LogP contribution in [-0.4, -0.2) is 22.3 Å². The van der Waals surface area contributed by atoms with E-state index in [-0.39, 0.29) is 18.4 Å². The summed E-state index contributed by atoms with van der Waals surface area (Å²) >= 11 is 1.41. The van der Waals surface area contributed by atoms with Crippen molar-refractivity contribution in [3.63, 3.8) is 0 Å². The standard InChI is InChI=1S/C30H25F3N2O3S/c1-18(38-23-12-13-24-21(15-27(36)37)17-34-26(24)16-23)28-25(14-7-19-5-3-2-4-6-19)35-29(39-28)20-8-10-22(11-9-20)30(31,32)33/h2-6,8-13,16-18,21H,7,14-15H2,1H3,(H,36,37)/t18-,21?/m0/s1. The maximum Gasteiger partial charge on any atom is 0.416 e. The van der Waals surface area contributed by atoms with E-state index >= 15 is 0 Å². The number of nitrogens with zero attached hydrogens (tertiary/aromatic N) is 2. The molecule has 0 saturated heterocycles. The van der Waals surface area contributed by atoms with Crippen molar-refractivity contribution in [3.8, 4) is 16.3 Å². The van der Waals surface area contributed by atoms with Crippen LogP contribution in [0.3, 0.4) is 0 Å². The molecule has 0 aliphatic carbocycles. The highest BCUT2D eigenvalue weighted by Crippen LogP contribution is 2.40. The van der Waals surface area contributed by atoms with Crippen molar-refractivity contribution >= 4 is 29.2 Å². The van der Waals surface area contributed by atoms with Crippen molar-refractivity contribution in [3.05, 3.63) is 100 Å². The number of aliphatic imine (C=N–C) groups is 1. The van der Waals surface area contributed by atoms with Gasteiger partial charge in [0.2, 0.25) is 0 Å². The van der Waals surface area contributed by atoms with Crippen LogP contribution in [0.4, 0.5) is 18.9 Å². The number of carboxylic acid groups (broad SMARTS) is 1. The third kappa shape index (κ3) is 6.20. The second-order valence-corrected chi connectivity index (χ2v) is 10.4. The van der Waals surface area contributed by atoms with Gasteiger partial charge in [0.25, 0.3) is 0 Å². The molecule has 1 aliphatic heterocycles. The van der Waals surface area contributed by atoms with Crippen LogP contribution in [0.15, 0.2) is 77.8 Å². The first kappa shape index (κ1) is 26.6. The van der Waals surface area contributed by atoms with Crippen LogP contribution in [0, 0.1) is 0 Å². The first-order chi connectivity index (χ1) is 18.7. The van der Waals surface area contributed by atoms with Gasteiger partial charge in [0.05, 0.1) is 28.2 Å². The normalized spacial score (nSPS) is 15.2. The van der Waals surface area contributed by atoms with Crippen LogP contribution in [-0.2, 0) is 23.8 Å². The summed E-state index contributed by atoms with van der Waals surface area (Å²) in [6.07, 6.45) is -1.75. The van der Waals surface area contributed by atoms with E-state index in [0.717, 1.165) is 40.3 Å². The summed E-state index contributed by atoms with van der Waals surface area (Å²) in [5.74, 6) is -0.556. The van der Waals surface area contributed by atoms with Crippen molar-refractivity contribution in [1.82, 2.24) is 4.98 Å². The fourth-order valence-corrected chi connectivity index (χ4v) is 5.67. The molecule has 0 fully saturated rings. The number of thiazole rings is 1. The molecule has 9 heteroatoms. The topological polar surface area (TPSA) is 71.8 Å². The van der Waals surface area contributed by atoms with Crippen LogP contribution in [0.5, 0.6) is 5.75 Å². The highest BCUT2D eigenvalue weighted by atomic mass is 32.1. The van der Waals surface area contributed by atoms with Gasteiger partial charge in [-0.2, -0.15) is 13.2 Å². The van der Waals surface area contributed by atoms with Crippen LogP contribution in [0.25, 0.3) is 10.6 Å². The molecule has 2 heterocycles. The minimum atomic E-state index is -4.40. The first-order valence-corrected chi connectivity index (χ1v) is 13.3. The van der Waals surface area contributed by atoms with Gasteiger partial charge in [0, 0.05) is 23.8 Å². The zero-order valence-electron chi connectivity index (χ0n) is 21.0. The number of alkyl halides is 3. The number of halogens is 3. The molecule has 0 spiro atoms. The molecule has 1 aliphatic rings. The number of benzene rings is 3. The lowest BCUT2D eigenvalue weighted by Crippen LogP contribution is -2.06. The second-order valence-electron chi connectivity index (χ2n) is 9.35. The van der Waals surface area contributed by atoms with Crippen LogP contribution >= 0.6 is 11.3 Å². The molecule has 0 bridgehead atoms. The van der Waals surface area contributed by atoms with Crippen LogP contribution < -0.4 is 4.74 Å². The summed E-state index contributed by atoms with van der Waals surface area (Å²) in [7, 11) is 0. The Kier molecular flexibility index (Phi) is 7.52. The highest BCUT2D eigenvalue weighted by molar-refractivity contribution is 7.15. The lowest BCUT2D eigenvalue weighted by atomic mass is 9.98. The Hall–Kier alpha value is -3.98. The maximum absolute atomic E-state index is 13.1. The molecule has 5 rings (SSSR count). The van der Waals surface area contributed by atoms with Gasteiger partial charge in [-0.1, -0.05) is 48.5 Å². The van der Waals surface area contributed by atoms with Crippen molar-refractivity contribution in [2.75, 3.05) is 0 Å². The van der Waals surface area contributed by atoms with Gasteiger partial charge in [0.1, 0.15) is 16.9 Å². The van der Waals surface area contributed by atoms with Crippen LogP contribution in [0.1, 0.15) is 52.6 Å². The van der Waals surface area contributed by atoms with E-state index in [1.807, 2.05) is 43.3 Å². The number of fused-ring (bicyclic) bond motifs is 1. The van der Waals surface area contributed by atoms with Gasteiger partial charge in [-0.3, -0.25) is 9.79 Å². The summed E-state index contributed by atoms with van der Waals surface area (Å²) in [5.41, 5.74) is 3.45. The molecule has 0 saturated carbocycles. The van der Waals surface area contributed by atoms with E-state index in [2.05, 4.69) is 4.99 Å². The van der Waals surface area contributed by atoms with Crippen molar-refractivity contribution in [1.29, 1.82) is 0 Å². The number of carboxylic acids is 1. The van der Waals surface area contributed by atoms with E-state index in [4.69, 9.17) is 14.8 Å². The van der Waals surface area contributed by atoms with E-state index in [1.54, 1.807) is 18.3 Å². The molecule has 0 radical (unpaired) electrons. The van der Waals surface area contributed by atoms with E-state index in [0.29, 0.717) is 28.4 Å². The van der Waals surface area contributed by atoms with E-state index in [1.165, 1.54) is 23.5 Å². The average Bonchev–Trinajstić information content (AvgIpc) is 3.51. The van der Waals surface area contributed by atoms with Gasteiger partial charge in [-0.15, -0.1) is 11.3 Å². The third-order valence-electron chi connectivity index (χ3n) is 6.55. The van der Waals surface area contributed by atoms with Crippen molar-refractivity contribution in [2.45, 2.75) is 44.4 Å². The Morgan fingerprint density at radius 3 is 2.49 bits per heavy atom. The number of aliphatic carboxylic acids is 1. The number of hydrogen-bond donors (Lipinski definition) is 1. The van der Waals surface area contributed by atoms with Gasteiger partial charge in [-0.05, 0) is 49.1 Å². The number of carbonyl (C=O) groups is 1. The summed E-state index contributed by atoms with van der Waals surface area (Å²) in [6.45, 7) is 1.92. The first-order valence-electron chi connectivity index (χ1n) is 12.4. The SMILES string of the molecule is C[C@H](Oc1ccc2c(c1)N=CC2CC(=O)O)c1sc(-c2ccc(C(F)(F)F)cc2)nc1CCc1ccccc1. The molecule has 1 unspecified atom stereocenters. The maximum atomic E-state index is 13.1. The average molecular weight is 551 g/mol. The molecule has 2 atom stereocenters. The third-order valence-corrected chi connectivity index (χ3v) is 7.86. The lowest BCUT2D eigenvalue weighted by Gasteiger charge is -2.16. The summed E-state index contributed by atoms with van der Waals surface area (Å²) < 4.78 is 45.5. The van der Waals surface area contributed by atoms with Crippen molar-refractivity contribution < 1.29 is 27.8 Å². The number of aryl methyl sites for hydroxylation is 2. The van der Waals surface area contributed by atoms with Crippen LogP contribution in [0.2, 0.25) is 0 Å². The molecule has 200 valence electrons. The largest absolute Gasteiger partial charge is 0.485 e. The van der Waals surface area contributed by atoms with E-state index < -0.39 is 17.7 Å². The predicted octanol–water partition coefficient (Wildman–Crippen LogP) is 8.03. The molecule has 3 aromatic carbocycles. The molecule has 39 heavy (non-hydrogen) atoms. The Bertz CT molecular complexity index is 1500. The van der Waals surface area contributed by atoms with Gasteiger partial charge >= 0.3 is 12.1 Å². The summed E-state index contributed by atoms with van der Waals surface area (Å²) in [4.78, 5) is 21.2. The summed E-state index contributed by atoms with van der Waals surface area (Å²) in [5, 5.41) is 9.77. The highest BCUT2D eigenvalue weighted by Gasteiger charge is 2.30. The molecular weight excluding hydrogens is 525 g/mol. The van der Waals surface area contributed by atoms with Gasteiger partial charge in [0.15, 0.2) is 0 Å². The zero-order valence-corrected chi connectivity index (χ0v) is 21.8. The molecule has 0 amide bonds. The molecule has 1 aromatic heterocycles. The van der Waals surface area contributed by atoms with E-state index in [9.17, 15) is 18.0 Å². The number of ether oxygens (including phenoxy) is 1. The Morgan fingerprint density at radius 1 is 1.05 bits per heavy atom. The number of rotatable bonds is 9. The Labute approximate surface area is 227 Å². The van der Waals surface area contributed by atoms with Gasteiger partial charge < -0.3 is 9.84 Å². The minimum absolute atomic E-state index is 0.0223. The lowest BCUT2D eigenvalue weighted by molar-refractivity contribution is -0.138. The zero-order chi connectivity index (χ0) is 27.6. The Balaban J connectivity index is 1.40. The smallest absolute Gasteiger partial charge is 0.416 e. The monoisotopic (exact) mass is 550 g/mol. The van der Waals surface area contributed by atoms with Crippen molar-refractivity contribution in [2.24, 2.45) is 4.99 Å². The second kappa shape index (κ2) is 11.0. The fraction of sp³-hybridized carbons (Fsp3) is 0.233. The quantitative estimate of drug-likeness (QED) is 0.229. The Morgan fingerprint density at radius 2 is 1.79 bits per heavy atom. The fourth-order valence-electron chi connectivity index (χ4n) is 4.57. The number of aromatic nitrogens is 1. The number of hydrogen-bond acceptors (Lipinski definition) is 5. The predicted molar refractivity (Wildman–Crippen MR) is 145 cm³/mol. The molecule has 4 aromatic rings. The minimum Gasteiger partial charge on any atom is -0.485 e. The molecular formula is C30H25F3N2O3S. The van der Waals surface area contributed by atoms with Gasteiger partial charge in [-0.25, -0.2) is 4.98 Å². The molecule has 5 nitrogen and oxygen atoms in total. The summed E-state index contributed by atoms with van der Waals surface area (Å²) in [6, 6.07) is 20.5. The molecule has 1 N–H and O–H groups in total.